The van der Waals surface area contributed by atoms with Crippen molar-refractivity contribution in [3.8, 4) is 0 Å². The van der Waals surface area contributed by atoms with Crippen LogP contribution in [0.2, 0.25) is 0 Å². The largest absolute Gasteiger partial charge is 0.433 e. The topological polar surface area (TPSA) is 85.4 Å². The summed E-state index contributed by atoms with van der Waals surface area (Å²) in [6, 6.07) is 2.47. The maximum atomic E-state index is 12.0. The van der Waals surface area contributed by atoms with Crippen LogP contribution in [0.15, 0.2) is 16.5 Å². The zero-order valence-corrected chi connectivity index (χ0v) is 11.1. The summed E-state index contributed by atoms with van der Waals surface area (Å²) in [5, 5.41) is 13.4. The highest BCUT2D eigenvalue weighted by atomic mass is 35.5. The van der Waals surface area contributed by atoms with E-state index in [0.29, 0.717) is 5.88 Å². The number of halogens is 1. The summed E-state index contributed by atoms with van der Waals surface area (Å²) < 4.78 is 4.88. The van der Waals surface area contributed by atoms with Crippen molar-refractivity contribution in [3.05, 3.63) is 28.0 Å². The molecule has 104 valence electrons. The molecule has 0 aliphatic heterocycles. The predicted molar refractivity (Wildman–Crippen MR) is 69.4 cm³/mol. The number of hydrogen-bond donors (Lipinski definition) is 1. The number of rotatable bonds is 4. The lowest BCUT2D eigenvalue weighted by Crippen LogP contribution is -2.51. The Kier molecular flexibility index (Phi) is 4.09. The normalized spacial score (nSPS) is 17.9. The van der Waals surface area contributed by atoms with Crippen LogP contribution in [0.3, 0.4) is 0 Å². The van der Waals surface area contributed by atoms with E-state index in [1.54, 1.807) is 0 Å². The molecule has 2 rings (SSSR count). The van der Waals surface area contributed by atoms with Crippen LogP contribution in [0.25, 0.3) is 0 Å². The summed E-state index contributed by atoms with van der Waals surface area (Å²) >= 11 is 5.97. The third kappa shape index (κ3) is 3.07. The SMILES string of the molecule is O=C(NC1(CCl)CCCCC1)c1ccc([N+](=O)[O-])o1. The molecular formula is C12H15ClN2O4. The van der Waals surface area contributed by atoms with Crippen LogP contribution < -0.4 is 5.32 Å². The first kappa shape index (κ1) is 13.9. The second-order valence-electron chi connectivity index (χ2n) is 4.82. The summed E-state index contributed by atoms with van der Waals surface area (Å²) in [5.74, 6) is -0.604. The van der Waals surface area contributed by atoms with Gasteiger partial charge < -0.3 is 9.73 Å². The Morgan fingerprint density at radius 2 is 2.11 bits per heavy atom. The average Bonchev–Trinajstić information content (AvgIpc) is 2.89. The second kappa shape index (κ2) is 5.61. The number of alkyl halides is 1. The molecule has 0 atom stereocenters. The second-order valence-corrected chi connectivity index (χ2v) is 5.09. The van der Waals surface area contributed by atoms with Gasteiger partial charge in [0.25, 0.3) is 5.91 Å². The van der Waals surface area contributed by atoms with Crippen LogP contribution in [0, 0.1) is 10.1 Å². The Morgan fingerprint density at radius 3 is 2.63 bits per heavy atom. The molecule has 0 radical (unpaired) electrons. The minimum Gasteiger partial charge on any atom is -0.395 e. The van der Waals surface area contributed by atoms with E-state index in [9.17, 15) is 14.9 Å². The minimum atomic E-state index is -0.672. The van der Waals surface area contributed by atoms with Gasteiger partial charge in [-0.3, -0.25) is 14.9 Å². The van der Waals surface area contributed by atoms with Gasteiger partial charge in [-0.15, -0.1) is 11.6 Å². The van der Waals surface area contributed by atoms with Crippen molar-refractivity contribution < 1.29 is 14.1 Å². The lowest BCUT2D eigenvalue weighted by Gasteiger charge is -2.36. The number of carbonyl (C=O) groups excluding carboxylic acids is 1. The number of amides is 1. The summed E-state index contributed by atoms with van der Waals surface area (Å²) in [7, 11) is 0. The number of furan rings is 1. The van der Waals surface area contributed by atoms with E-state index in [1.165, 1.54) is 12.1 Å². The number of hydrogen-bond acceptors (Lipinski definition) is 4. The van der Waals surface area contributed by atoms with Crippen molar-refractivity contribution in [1.29, 1.82) is 0 Å². The van der Waals surface area contributed by atoms with E-state index in [1.807, 2.05) is 0 Å². The predicted octanol–water partition coefficient (Wildman–Crippen LogP) is 2.86. The van der Waals surface area contributed by atoms with E-state index >= 15 is 0 Å². The molecule has 1 saturated carbocycles. The monoisotopic (exact) mass is 286 g/mol. The molecule has 1 heterocycles. The Hall–Kier alpha value is -1.56. The quantitative estimate of drug-likeness (QED) is 0.524. The van der Waals surface area contributed by atoms with E-state index in [4.69, 9.17) is 16.0 Å². The summed E-state index contributed by atoms with van der Waals surface area (Å²) in [5.41, 5.74) is -0.418. The van der Waals surface area contributed by atoms with Crippen molar-refractivity contribution in [2.24, 2.45) is 0 Å². The van der Waals surface area contributed by atoms with Gasteiger partial charge in [0, 0.05) is 5.88 Å². The number of nitrogens with zero attached hydrogens (tertiary/aromatic N) is 1. The lowest BCUT2D eigenvalue weighted by atomic mass is 9.83. The zero-order valence-electron chi connectivity index (χ0n) is 10.4. The van der Waals surface area contributed by atoms with Crippen LogP contribution >= 0.6 is 11.6 Å². The third-order valence-corrected chi connectivity index (χ3v) is 3.95. The van der Waals surface area contributed by atoms with Gasteiger partial charge >= 0.3 is 5.88 Å². The maximum absolute atomic E-state index is 12.0. The van der Waals surface area contributed by atoms with E-state index in [0.717, 1.165) is 32.1 Å². The first-order valence-corrected chi connectivity index (χ1v) is 6.72. The van der Waals surface area contributed by atoms with Crippen molar-refractivity contribution in [2.45, 2.75) is 37.6 Å². The van der Waals surface area contributed by atoms with Crippen LogP contribution in [0.4, 0.5) is 5.88 Å². The Morgan fingerprint density at radius 1 is 1.42 bits per heavy atom. The zero-order chi connectivity index (χ0) is 13.9. The van der Waals surface area contributed by atoms with Crippen molar-refractivity contribution in [1.82, 2.24) is 5.32 Å². The molecule has 0 bridgehead atoms. The van der Waals surface area contributed by atoms with Crippen LogP contribution in [0.5, 0.6) is 0 Å². The molecule has 0 aromatic carbocycles. The van der Waals surface area contributed by atoms with E-state index in [2.05, 4.69) is 5.32 Å². The first-order chi connectivity index (χ1) is 9.06. The van der Waals surface area contributed by atoms with Crippen molar-refractivity contribution in [3.63, 3.8) is 0 Å². The molecule has 0 saturated heterocycles. The fourth-order valence-electron chi connectivity index (χ4n) is 2.37. The highest BCUT2D eigenvalue weighted by Gasteiger charge is 2.34. The molecule has 6 nitrogen and oxygen atoms in total. The molecule has 0 unspecified atom stereocenters. The Balaban J connectivity index is 2.08. The maximum Gasteiger partial charge on any atom is 0.433 e. The van der Waals surface area contributed by atoms with Gasteiger partial charge in [-0.1, -0.05) is 19.3 Å². The van der Waals surface area contributed by atoms with E-state index in [-0.39, 0.29) is 5.76 Å². The minimum absolute atomic E-state index is 0.0539. The van der Waals surface area contributed by atoms with Gasteiger partial charge in [0.1, 0.15) is 4.92 Å². The highest BCUT2D eigenvalue weighted by Crippen LogP contribution is 2.30. The molecule has 1 aliphatic carbocycles. The molecule has 1 aromatic rings. The van der Waals surface area contributed by atoms with Crippen LogP contribution in [0.1, 0.15) is 42.7 Å². The fourth-order valence-corrected chi connectivity index (χ4v) is 2.70. The van der Waals surface area contributed by atoms with Crippen molar-refractivity contribution >= 4 is 23.4 Å². The van der Waals surface area contributed by atoms with Crippen molar-refractivity contribution in [2.75, 3.05) is 5.88 Å². The van der Waals surface area contributed by atoms with Gasteiger partial charge in [0.15, 0.2) is 5.76 Å². The summed E-state index contributed by atoms with van der Waals surface area (Å²) in [6.07, 6.45) is 4.83. The molecule has 1 N–H and O–H groups in total. The lowest BCUT2D eigenvalue weighted by molar-refractivity contribution is -0.402. The molecule has 1 aliphatic rings. The van der Waals surface area contributed by atoms with Gasteiger partial charge in [0.2, 0.25) is 0 Å². The molecule has 1 aromatic heterocycles. The Labute approximate surface area is 115 Å². The average molecular weight is 287 g/mol. The van der Waals surface area contributed by atoms with E-state index < -0.39 is 22.3 Å². The van der Waals surface area contributed by atoms with Crippen LogP contribution in [-0.4, -0.2) is 22.2 Å². The molecule has 19 heavy (non-hydrogen) atoms. The standard InChI is InChI=1S/C12H15ClN2O4/c13-8-12(6-2-1-3-7-12)14-11(16)9-4-5-10(19-9)15(17)18/h4-5H,1-3,6-8H2,(H,14,16). The highest BCUT2D eigenvalue weighted by molar-refractivity contribution is 6.18. The number of nitrogens with one attached hydrogen (secondary N) is 1. The molecular weight excluding hydrogens is 272 g/mol. The molecule has 7 heteroatoms. The molecule has 1 amide bonds. The molecule has 1 fully saturated rings. The Bertz CT molecular complexity index is 480. The van der Waals surface area contributed by atoms with Gasteiger partial charge in [-0.2, -0.15) is 0 Å². The smallest absolute Gasteiger partial charge is 0.395 e. The summed E-state index contributed by atoms with van der Waals surface area (Å²) in [4.78, 5) is 21.9. The molecule has 0 spiro atoms. The van der Waals surface area contributed by atoms with Crippen LogP contribution in [-0.2, 0) is 0 Å². The number of nitro groups is 1. The number of carbonyl (C=O) groups is 1. The van der Waals surface area contributed by atoms with Gasteiger partial charge in [-0.05, 0) is 18.9 Å². The third-order valence-electron chi connectivity index (χ3n) is 3.44. The summed E-state index contributed by atoms with van der Waals surface area (Å²) in [6.45, 7) is 0. The van der Waals surface area contributed by atoms with Gasteiger partial charge in [-0.25, -0.2) is 0 Å². The fraction of sp³-hybridized carbons (Fsp3) is 0.583. The van der Waals surface area contributed by atoms with Gasteiger partial charge in [0.05, 0.1) is 11.6 Å². The first-order valence-electron chi connectivity index (χ1n) is 6.19.